The maximum Gasteiger partial charge on any atom is 0.416 e. The molecule has 3 heterocycles. The molecule has 14 heteroatoms. The van der Waals surface area contributed by atoms with E-state index in [4.69, 9.17) is 9.47 Å². The predicted molar refractivity (Wildman–Crippen MR) is 181 cm³/mol. The monoisotopic (exact) mass is 707 g/mol. The first-order valence-electron chi connectivity index (χ1n) is 16.1. The smallest absolute Gasteiger partial charge is 0.416 e. The molecule has 6 rings (SSSR count). The van der Waals surface area contributed by atoms with Gasteiger partial charge in [-0.25, -0.2) is 13.8 Å². The minimum absolute atomic E-state index is 0.0800. The number of aromatic nitrogens is 2. The minimum Gasteiger partial charge on any atom is -0.488 e. The fraction of sp³-hybridized carbons (Fsp3) is 0.270. The molecular weight excluding hydrogens is 673 g/mol. The van der Waals surface area contributed by atoms with Crippen molar-refractivity contribution in [2.24, 2.45) is 7.05 Å². The Bertz CT molecular complexity index is 1990. The number of carbonyl (C=O) groups is 2. The zero-order valence-corrected chi connectivity index (χ0v) is 27.7. The van der Waals surface area contributed by atoms with E-state index in [-0.39, 0.29) is 17.4 Å². The Morgan fingerprint density at radius 2 is 1.57 bits per heavy atom. The maximum absolute atomic E-state index is 13.6. The van der Waals surface area contributed by atoms with Gasteiger partial charge in [-0.1, -0.05) is 12.1 Å². The number of anilines is 1. The number of alkyl halides is 5. The molecule has 0 N–H and O–H groups in total. The largest absolute Gasteiger partial charge is 0.488 e. The van der Waals surface area contributed by atoms with E-state index in [0.717, 1.165) is 40.7 Å². The van der Waals surface area contributed by atoms with Gasteiger partial charge in [0.15, 0.2) is 0 Å². The number of hydrogen-bond donors (Lipinski definition) is 0. The van der Waals surface area contributed by atoms with Crippen molar-refractivity contribution in [3.63, 3.8) is 0 Å². The Kier molecular flexibility index (Phi) is 10.2. The highest BCUT2D eigenvalue weighted by Gasteiger charge is 2.30. The molecule has 2 amide bonds. The van der Waals surface area contributed by atoms with E-state index in [1.807, 2.05) is 46.8 Å². The first kappa shape index (κ1) is 35.3. The molecular formula is C37H34F5N5O4. The summed E-state index contributed by atoms with van der Waals surface area (Å²) >= 11 is 0. The summed E-state index contributed by atoms with van der Waals surface area (Å²) in [6.45, 7) is 2.50. The molecule has 0 unspecified atom stereocenters. The molecule has 0 spiro atoms. The molecule has 51 heavy (non-hydrogen) atoms. The molecule has 1 fully saturated rings. The number of halogens is 5. The maximum atomic E-state index is 13.6. The molecule has 0 saturated carbocycles. The van der Waals surface area contributed by atoms with Gasteiger partial charge >= 0.3 is 6.18 Å². The molecule has 0 atom stereocenters. The molecule has 5 aromatic rings. The number of rotatable bonds is 10. The van der Waals surface area contributed by atoms with Crippen molar-refractivity contribution in [3.05, 3.63) is 114 Å². The molecule has 2 aromatic heterocycles. The summed E-state index contributed by atoms with van der Waals surface area (Å²) in [5.41, 5.74) is 2.09. The molecule has 1 aliphatic heterocycles. The molecule has 0 aliphatic carbocycles. The first-order chi connectivity index (χ1) is 24.4. The zero-order chi connectivity index (χ0) is 36.3. The second-order valence-corrected chi connectivity index (χ2v) is 12.1. The third-order valence-corrected chi connectivity index (χ3v) is 8.69. The SMILES string of the molecule is CN(C(=O)c1ccc(C(F)(F)F)cc1)c1ccc(Oc2ccc3c(c2)cc(C(=O)N2CCN(Cc4ccc(OCC(F)F)cc4)CC2)n3C)nc1. The van der Waals surface area contributed by atoms with Crippen molar-refractivity contribution in [2.45, 2.75) is 19.1 Å². The third kappa shape index (κ3) is 8.28. The van der Waals surface area contributed by atoms with Crippen molar-refractivity contribution in [1.82, 2.24) is 19.4 Å². The van der Waals surface area contributed by atoms with Crippen molar-refractivity contribution < 1.29 is 41.0 Å². The van der Waals surface area contributed by atoms with Crippen molar-refractivity contribution in [2.75, 3.05) is 44.7 Å². The number of amides is 2. The lowest BCUT2D eigenvalue weighted by molar-refractivity contribution is -0.137. The average Bonchev–Trinajstić information content (AvgIpc) is 3.45. The highest BCUT2D eigenvalue weighted by molar-refractivity contribution is 6.05. The van der Waals surface area contributed by atoms with Gasteiger partial charge < -0.3 is 23.8 Å². The highest BCUT2D eigenvalue weighted by Crippen LogP contribution is 2.31. The van der Waals surface area contributed by atoms with Crippen LogP contribution in [-0.2, 0) is 19.8 Å². The Morgan fingerprint density at radius 3 is 2.20 bits per heavy atom. The number of ether oxygens (including phenoxy) is 2. The molecule has 0 bridgehead atoms. The third-order valence-electron chi connectivity index (χ3n) is 8.69. The van der Waals surface area contributed by atoms with E-state index >= 15 is 0 Å². The summed E-state index contributed by atoms with van der Waals surface area (Å²) in [4.78, 5) is 36.0. The van der Waals surface area contributed by atoms with Gasteiger partial charge in [0.1, 0.15) is 23.8 Å². The van der Waals surface area contributed by atoms with Crippen LogP contribution in [0.4, 0.5) is 27.6 Å². The summed E-state index contributed by atoms with van der Waals surface area (Å²) < 4.78 is 76.3. The van der Waals surface area contributed by atoms with Crippen LogP contribution in [0, 0.1) is 0 Å². The summed E-state index contributed by atoms with van der Waals surface area (Å²) in [6.07, 6.45) is -5.59. The van der Waals surface area contributed by atoms with E-state index in [0.29, 0.717) is 55.6 Å². The van der Waals surface area contributed by atoms with Gasteiger partial charge in [0.25, 0.3) is 18.2 Å². The molecule has 1 saturated heterocycles. The lowest BCUT2D eigenvalue weighted by Crippen LogP contribution is -2.48. The summed E-state index contributed by atoms with van der Waals surface area (Å²) in [7, 11) is 3.34. The Hall–Kier alpha value is -5.50. The van der Waals surface area contributed by atoms with Crippen LogP contribution >= 0.6 is 0 Å². The predicted octanol–water partition coefficient (Wildman–Crippen LogP) is 7.26. The van der Waals surface area contributed by atoms with Gasteiger partial charge in [0.2, 0.25) is 5.88 Å². The second kappa shape index (κ2) is 14.8. The topological polar surface area (TPSA) is 80.1 Å². The van der Waals surface area contributed by atoms with Crippen LogP contribution < -0.4 is 14.4 Å². The number of carbonyl (C=O) groups excluding carboxylic acids is 2. The molecule has 9 nitrogen and oxygen atoms in total. The summed E-state index contributed by atoms with van der Waals surface area (Å²) in [5.74, 6) is 0.572. The van der Waals surface area contributed by atoms with Gasteiger partial charge in [0, 0.05) is 69.4 Å². The fourth-order valence-electron chi connectivity index (χ4n) is 5.84. The van der Waals surface area contributed by atoms with E-state index in [1.165, 1.54) is 18.1 Å². The van der Waals surface area contributed by atoms with Crippen molar-refractivity contribution in [1.29, 1.82) is 0 Å². The van der Waals surface area contributed by atoms with Gasteiger partial charge in [-0.15, -0.1) is 0 Å². The Balaban J connectivity index is 1.04. The van der Waals surface area contributed by atoms with Gasteiger partial charge in [-0.3, -0.25) is 14.5 Å². The van der Waals surface area contributed by atoms with Crippen LogP contribution in [0.5, 0.6) is 17.4 Å². The number of piperazine rings is 1. The van der Waals surface area contributed by atoms with Crippen molar-refractivity contribution in [3.8, 4) is 17.4 Å². The van der Waals surface area contributed by atoms with Crippen LogP contribution in [0.25, 0.3) is 10.9 Å². The lowest BCUT2D eigenvalue weighted by Gasteiger charge is -2.34. The summed E-state index contributed by atoms with van der Waals surface area (Å²) in [5, 5.41) is 0.802. The second-order valence-electron chi connectivity index (χ2n) is 12.1. The number of fused-ring (bicyclic) bond motifs is 1. The van der Waals surface area contributed by atoms with Crippen LogP contribution in [-0.4, -0.2) is 77.4 Å². The normalized spacial score (nSPS) is 13.8. The van der Waals surface area contributed by atoms with E-state index in [9.17, 15) is 31.5 Å². The molecule has 266 valence electrons. The highest BCUT2D eigenvalue weighted by atomic mass is 19.4. The summed E-state index contributed by atoms with van der Waals surface area (Å²) in [6, 6.07) is 21.5. The lowest BCUT2D eigenvalue weighted by atomic mass is 10.1. The van der Waals surface area contributed by atoms with Crippen LogP contribution in [0.1, 0.15) is 32.0 Å². The number of nitrogens with zero attached hydrogens (tertiary/aromatic N) is 5. The van der Waals surface area contributed by atoms with Crippen LogP contribution in [0.15, 0.2) is 91.1 Å². The Morgan fingerprint density at radius 1 is 0.882 bits per heavy atom. The number of pyridine rings is 1. The number of aryl methyl sites for hydroxylation is 1. The van der Waals surface area contributed by atoms with Gasteiger partial charge in [-0.05, 0) is 72.3 Å². The first-order valence-corrected chi connectivity index (χ1v) is 16.1. The number of hydrogen-bond acceptors (Lipinski definition) is 6. The quantitative estimate of drug-likeness (QED) is 0.142. The standard InChI is InChI=1S/C37H34F5N5O4/c1-44(35(48)25-5-7-27(8-6-25)37(40,41)42)28-9-14-34(43-21-28)51-30-12-13-31-26(19-30)20-32(45(31)2)36(49)47-17-15-46(16-18-47)22-24-3-10-29(11-4-24)50-23-33(38)39/h3-14,19-21,33H,15-18,22-23H2,1-2H3. The zero-order valence-electron chi connectivity index (χ0n) is 27.7. The minimum atomic E-state index is -4.49. The van der Waals surface area contributed by atoms with Gasteiger partial charge in [-0.2, -0.15) is 13.2 Å². The van der Waals surface area contributed by atoms with E-state index < -0.39 is 30.7 Å². The Labute approximate surface area is 290 Å². The average molecular weight is 708 g/mol. The fourth-order valence-corrected chi connectivity index (χ4v) is 5.84. The molecule has 0 radical (unpaired) electrons. The molecule has 1 aliphatic rings. The van der Waals surface area contributed by atoms with E-state index in [1.54, 1.807) is 30.3 Å². The van der Waals surface area contributed by atoms with Crippen molar-refractivity contribution >= 4 is 28.4 Å². The van der Waals surface area contributed by atoms with E-state index in [2.05, 4.69) is 9.88 Å². The molecule has 3 aromatic carbocycles. The van der Waals surface area contributed by atoms with Crippen LogP contribution in [0.2, 0.25) is 0 Å². The number of benzene rings is 3. The van der Waals surface area contributed by atoms with Crippen LogP contribution in [0.3, 0.4) is 0 Å². The van der Waals surface area contributed by atoms with Gasteiger partial charge in [0.05, 0.1) is 17.4 Å².